The first-order chi connectivity index (χ1) is 9.00. The molecule has 1 aliphatic carbocycles. The van der Waals surface area contributed by atoms with Gasteiger partial charge in [0.25, 0.3) is 5.91 Å². The summed E-state index contributed by atoms with van der Waals surface area (Å²) in [5.74, 6) is 0.546. The monoisotopic (exact) mass is 280 g/mol. The van der Waals surface area contributed by atoms with E-state index >= 15 is 0 Å². The van der Waals surface area contributed by atoms with E-state index < -0.39 is 0 Å². The minimum atomic E-state index is -0.00656. The maximum atomic E-state index is 12.5. The summed E-state index contributed by atoms with van der Waals surface area (Å²) in [5, 5.41) is 0.558. The molecule has 1 aromatic carbocycles. The fourth-order valence-corrected chi connectivity index (χ4v) is 3.12. The average Bonchev–Trinajstić information content (AvgIpc) is 2.38. The van der Waals surface area contributed by atoms with Gasteiger partial charge in [-0.25, -0.2) is 0 Å². The van der Waals surface area contributed by atoms with Crippen molar-refractivity contribution < 1.29 is 4.79 Å². The minimum absolute atomic E-state index is 0.00656. The summed E-state index contributed by atoms with van der Waals surface area (Å²) in [4.78, 5) is 14.4. The van der Waals surface area contributed by atoms with Crippen molar-refractivity contribution >= 4 is 23.2 Å². The maximum absolute atomic E-state index is 12.5. The molecule has 0 spiro atoms. The topological polar surface area (TPSA) is 46.3 Å². The number of nitrogens with zero attached hydrogens (tertiary/aromatic N) is 1. The lowest BCUT2D eigenvalue weighted by molar-refractivity contribution is 0.0630. The quantitative estimate of drug-likeness (QED) is 0.842. The summed E-state index contributed by atoms with van der Waals surface area (Å²) < 4.78 is 0. The van der Waals surface area contributed by atoms with Crippen molar-refractivity contribution in [2.45, 2.75) is 38.6 Å². The van der Waals surface area contributed by atoms with Crippen molar-refractivity contribution in [3.63, 3.8) is 0 Å². The Balaban J connectivity index is 2.18. The van der Waals surface area contributed by atoms with Crippen LogP contribution in [0.1, 0.15) is 43.0 Å². The molecule has 0 aromatic heterocycles. The second kappa shape index (κ2) is 5.83. The standard InChI is InChI=1S/C15H21ClN2O/c1-10-5-3-4-6-14(10)18(2)15(19)12-8-7-11(16)9-13(12)17/h7-10,14H,3-6,17H2,1-2H3. The van der Waals surface area contributed by atoms with Gasteiger partial charge in [0.2, 0.25) is 0 Å². The van der Waals surface area contributed by atoms with E-state index in [1.165, 1.54) is 19.3 Å². The number of hydrogen-bond acceptors (Lipinski definition) is 2. The first-order valence-corrected chi connectivity index (χ1v) is 7.20. The van der Waals surface area contributed by atoms with Crippen molar-refractivity contribution in [1.82, 2.24) is 4.90 Å². The Morgan fingerprint density at radius 1 is 1.37 bits per heavy atom. The zero-order chi connectivity index (χ0) is 14.0. The van der Waals surface area contributed by atoms with Crippen molar-refractivity contribution in [3.8, 4) is 0 Å². The molecule has 1 fully saturated rings. The zero-order valence-electron chi connectivity index (χ0n) is 11.5. The fraction of sp³-hybridized carbons (Fsp3) is 0.533. The predicted molar refractivity (Wildman–Crippen MR) is 79.4 cm³/mol. The van der Waals surface area contributed by atoms with E-state index in [1.807, 2.05) is 11.9 Å². The molecule has 0 aliphatic heterocycles. The summed E-state index contributed by atoms with van der Waals surface area (Å²) in [6, 6.07) is 5.37. The highest BCUT2D eigenvalue weighted by molar-refractivity contribution is 6.31. The summed E-state index contributed by atoms with van der Waals surface area (Å²) in [6.07, 6.45) is 4.74. The first-order valence-electron chi connectivity index (χ1n) is 6.83. The highest BCUT2D eigenvalue weighted by atomic mass is 35.5. The zero-order valence-corrected chi connectivity index (χ0v) is 12.3. The van der Waals surface area contributed by atoms with Gasteiger partial charge in [-0.3, -0.25) is 4.79 Å². The number of amides is 1. The normalized spacial score (nSPS) is 23.1. The van der Waals surface area contributed by atoms with Crippen LogP contribution in [0.3, 0.4) is 0 Å². The Labute approximate surface area is 119 Å². The van der Waals surface area contributed by atoms with Crippen molar-refractivity contribution in [3.05, 3.63) is 28.8 Å². The smallest absolute Gasteiger partial charge is 0.255 e. The number of nitrogen functional groups attached to an aromatic ring is 1. The highest BCUT2D eigenvalue weighted by Gasteiger charge is 2.28. The van der Waals surface area contributed by atoms with Gasteiger partial charge in [0.15, 0.2) is 0 Å². The van der Waals surface area contributed by atoms with E-state index in [-0.39, 0.29) is 5.91 Å². The molecule has 0 bridgehead atoms. The largest absolute Gasteiger partial charge is 0.398 e. The van der Waals surface area contributed by atoms with Crippen LogP contribution < -0.4 is 5.73 Å². The van der Waals surface area contributed by atoms with Crippen LogP contribution in [0.5, 0.6) is 0 Å². The molecule has 2 rings (SSSR count). The molecular formula is C15H21ClN2O. The molecule has 4 heteroatoms. The highest BCUT2D eigenvalue weighted by Crippen LogP contribution is 2.29. The molecule has 104 valence electrons. The Morgan fingerprint density at radius 2 is 2.05 bits per heavy atom. The second-order valence-corrected chi connectivity index (χ2v) is 5.91. The number of nitrogens with two attached hydrogens (primary N) is 1. The number of anilines is 1. The maximum Gasteiger partial charge on any atom is 0.255 e. The number of benzene rings is 1. The van der Waals surface area contributed by atoms with Gasteiger partial charge in [-0.2, -0.15) is 0 Å². The molecule has 1 aliphatic rings. The Kier molecular flexibility index (Phi) is 4.35. The van der Waals surface area contributed by atoms with E-state index in [0.29, 0.717) is 28.2 Å². The molecule has 3 nitrogen and oxygen atoms in total. The van der Waals surface area contributed by atoms with E-state index in [4.69, 9.17) is 17.3 Å². The van der Waals surface area contributed by atoms with Crippen LogP contribution in [0, 0.1) is 5.92 Å². The molecule has 19 heavy (non-hydrogen) atoms. The van der Waals surface area contributed by atoms with Crippen molar-refractivity contribution in [2.75, 3.05) is 12.8 Å². The van der Waals surface area contributed by atoms with Gasteiger partial charge in [0.1, 0.15) is 0 Å². The van der Waals surface area contributed by atoms with Crippen LogP contribution in [0.4, 0.5) is 5.69 Å². The molecule has 2 unspecified atom stereocenters. The third-order valence-corrected chi connectivity index (χ3v) is 4.36. The van der Waals surface area contributed by atoms with Gasteiger partial charge in [0.05, 0.1) is 5.56 Å². The van der Waals surface area contributed by atoms with E-state index in [0.717, 1.165) is 6.42 Å². The summed E-state index contributed by atoms with van der Waals surface area (Å²) in [5.41, 5.74) is 6.89. The van der Waals surface area contributed by atoms with Crippen molar-refractivity contribution in [1.29, 1.82) is 0 Å². The predicted octanol–water partition coefficient (Wildman–Crippen LogP) is 3.57. The number of halogens is 1. The molecule has 1 aromatic rings. The van der Waals surface area contributed by atoms with Crippen LogP contribution >= 0.6 is 11.6 Å². The van der Waals surface area contributed by atoms with Gasteiger partial charge < -0.3 is 10.6 Å². The van der Waals surface area contributed by atoms with Crippen LogP contribution in [0.25, 0.3) is 0 Å². The Hall–Kier alpha value is -1.22. The number of rotatable bonds is 2. The molecule has 2 N–H and O–H groups in total. The molecule has 1 amide bonds. The third-order valence-electron chi connectivity index (χ3n) is 4.13. The number of hydrogen-bond donors (Lipinski definition) is 1. The SMILES string of the molecule is CC1CCCCC1N(C)C(=O)c1ccc(Cl)cc1N. The molecule has 0 radical (unpaired) electrons. The lowest BCUT2D eigenvalue weighted by Gasteiger charge is -2.36. The van der Waals surface area contributed by atoms with Crippen LogP contribution in [-0.2, 0) is 0 Å². The summed E-state index contributed by atoms with van der Waals surface area (Å²) in [6.45, 7) is 2.22. The van der Waals surface area contributed by atoms with Crippen molar-refractivity contribution in [2.24, 2.45) is 5.92 Å². The van der Waals surface area contributed by atoms with Gasteiger partial charge >= 0.3 is 0 Å². The lowest BCUT2D eigenvalue weighted by Crippen LogP contribution is -2.42. The van der Waals surface area contributed by atoms with Gasteiger partial charge in [0, 0.05) is 23.8 Å². The van der Waals surface area contributed by atoms with Gasteiger partial charge in [-0.1, -0.05) is 31.4 Å². The molecule has 2 atom stereocenters. The van der Waals surface area contributed by atoms with Crippen LogP contribution in [-0.4, -0.2) is 23.9 Å². The molecule has 0 heterocycles. The third kappa shape index (κ3) is 3.03. The van der Waals surface area contributed by atoms with E-state index in [2.05, 4.69) is 6.92 Å². The summed E-state index contributed by atoms with van der Waals surface area (Å²) in [7, 11) is 1.88. The van der Waals surface area contributed by atoms with Gasteiger partial charge in [-0.05, 0) is 37.0 Å². The first kappa shape index (κ1) is 14.2. The van der Waals surface area contributed by atoms with E-state index in [1.54, 1.807) is 18.2 Å². The molecule has 0 saturated heterocycles. The lowest BCUT2D eigenvalue weighted by atomic mass is 9.85. The number of carbonyl (C=O) groups excluding carboxylic acids is 1. The van der Waals surface area contributed by atoms with Crippen LogP contribution in [0.15, 0.2) is 18.2 Å². The summed E-state index contributed by atoms with van der Waals surface area (Å²) >= 11 is 5.87. The number of carbonyl (C=O) groups is 1. The fourth-order valence-electron chi connectivity index (χ4n) is 2.94. The Morgan fingerprint density at radius 3 is 2.68 bits per heavy atom. The second-order valence-electron chi connectivity index (χ2n) is 5.48. The Bertz CT molecular complexity index is 475. The minimum Gasteiger partial charge on any atom is -0.398 e. The molecule has 1 saturated carbocycles. The molecular weight excluding hydrogens is 260 g/mol. The van der Waals surface area contributed by atoms with Gasteiger partial charge in [-0.15, -0.1) is 0 Å². The van der Waals surface area contributed by atoms with E-state index in [9.17, 15) is 4.79 Å². The van der Waals surface area contributed by atoms with Crippen LogP contribution in [0.2, 0.25) is 5.02 Å². The average molecular weight is 281 g/mol.